The number of hydrogen-bond acceptors (Lipinski definition) is 2. The molecule has 0 spiro atoms. The predicted molar refractivity (Wildman–Crippen MR) is 73.5 cm³/mol. The minimum absolute atomic E-state index is 0.236. The highest BCUT2D eigenvalue weighted by Crippen LogP contribution is 2.12. The predicted octanol–water partition coefficient (Wildman–Crippen LogP) is 1.75. The number of amides is 1. The van der Waals surface area contributed by atoms with Crippen LogP contribution in [0.4, 0.5) is 0 Å². The van der Waals surface area contributed by atoms with Crippen molar-refractivity contribution in [3.63, 3.8) is 0 Å². The number of benzene rings is 1. The average Bonchev–Trinajstić information content (AvgIpc) is 2.35. The summed E-state index contributed by atoms with van der Waals surface area (Å²) in [5.74, 6) is 0.236. The molecule has 3 nitrogen and oxygen atoms in total. The van der Waals surface area contributed by atoms with Gasteiger partial charge < -0.3 is 10.2 Å². The Morgan fingerprint density at radius 1 is 1.33 bits per heavy atom. The number of carbonyl (C=O) groups is 1. The fraction of sp³-hybridized carbons (Fsp3) is 0.533. The Bertz CT molecular complexity index is 413. The first kappa shape index (κ1) is 13.1. The van der Waals surface area contributed by atoms with E-state index in [1.807, 2.05) is 17.0 Å². The number of rotatable bonds is 2. The van der Waals surface area contributed by atoms with E-state index >= 15 is 0 Å². The molecule has 1 aromatic carbocycles. The first-order chi connectivity index (χ1) is 8.58. The fourth-order valence-corrected chi connectivity index (χ4v) is 2.39. The van der Waals surface area contributed by atoms with E-state index in [2.05, 4.69) is 38.2 Å². The topological polar surface area (TPSA) is 32.3 Å². The van der Waals surface area contributed by atoms with Crippen LogP contribution in [0.5, 0.6) is 0 Å². The number of hydrogen-bond donors (Lipinski definition) is 1. The van der Waals surface area contributed by atoms with Crippen molar-refractivity contribution >= 4 is 5.91 Å². The molecule has 2 unspecified atom stereocenters. The molecule has 1 amide bonds. The summed E-state index contributed by atoms with van der Waals surface area (Å²) in [6, 6.07) is 8.86. The second-order valence-corrected chi connectivity index (χ2v) is 5.23. The van der Waals surface area contributed by atoms with Gasteiger partial charge in [-0.2, -0.15) is 0 Å². The zero-order valence-electron chi connectivity index (χ0n) is 11.4. The van der Waals surface area contributed by atoms with E-state index in [1.165, 1.54) is 5.56 Å². The third kappa shape index (κ3) is 2.91. The SMILES string of the molecule is Cc1ccc(CC(=O)N2CCNC(C)C2C)cc1. The Morgan fingerprint density at radius 3 is 2.67 bits per heavy atom. The van der Waals surface area contributed by atoms with Crippen LogP contribution < -0.4 is 5.32 Å². The van der Waals surface area contributed by atoms with Crippen molar-refractivity contribution in [1.82, 2.24) is 10.2 Å². The van der Waals surface area contributed by atoms with E-state index in [-0.39, 0.29) is 11.9 Å². The minimum Gasteiger partial charge on any atom is -0.337 e. The van der Waals surface area contributed by atoms with Gasteiger partial charge in [-0.15, -0.1) is 0 Å². The van der Waals surface area contributed by atoms with Crippen LogP contribution in [-0.4, -0.2) is 36.0 Å². The van der Waals surface area contributed by atoms with Crippen LogP contribution in [0.1, 0.15) is 25.0 Å². The average molecular weight is 246 g/mol. The summed E-state index contributed by atoms with van der Waals surface area (Å²) in [6.45, 7) is 8.02. The summed E-state index contributed by atoms with van der Waals surface area (Å²) in [7, 11) is 0. The minimum atomic E-state index is 0.236. The molecule has 1 heterocycles. The van der Waals surface area contributed by atoms with Crippen LogP contribution in [0.3, 0.4) is 0 Å². The van der Waals surface area contributed by atoms with Crippen molar-refractivity contribution in [3.8, 4) is 0 Å². The number of piperazine rings is 1. The van der Waals surface area contributed by atoms with Crippen molar-refractivity contribution < 1.29 is 4.79 Å². The smallest absolute Gasteiger partial charge is 0.227 e. The normalized spacial score (nSPS) is 24.1. The lowest BCUT2D eigenvalue weighted by molar-refractivity contribution is -0.134. The Labute approximate surface area is 109 Å². The van der Waals surface area contributed by atoms with Gasteiger partial charge in [0, 0.05) is 25.2 Å². The second-order valence-electron chi connectivity index (χ2n) is 5.23. The summed E-state index contributed by atoms with van der Waals surface area (Å²) in [4.78, 5) is 14.3. The van der Waals surface area contributed by atoms with Crippen LogP contribution in [-0.2, 0) is 11.2 Å². The highest BCUT2D eigenvalue weighted by Gasteiger charge is 2.27. The van der Waals surface area contributed by atoms with E-state index in [1.54, 1.807) is 0 Å². The Balaban J connectivity index is 2.01. The quantitative estimate of drug-likeness (QED) is 0.862. The van der Waals surface area contributed by atoms with E-state index in [9.17, 15) is 4.79 Å². The van der Waals surface area contributed by atoms with Gasteiger partial charge >= 0.3 is 0 Å². The number of carbonyl (C=O) groups excluding carboxylic acids is 1. The molecule has 2 rings (SSSR count). The largest absolute Gasteiger partial charge is 0.337 e. The maximum Gasteiger partial charge on any atom is 0.227 e. The Morgan fingerprint density at radius 2 is 2.00 bits per heavy atom. The fourth-order valence-electron chi connectivity index (χ4n) is 2.39. The van der Waals surface area contributed by atoms with Crippen molar-refractivity contribution in [2.45, 2.75) is 39.3 Å². The molecular weight excluding hydrogens is 224 g/mol. The first-order valence-electron chi connectivity index (χ1n) is 6.66. The Kier molecular flexibility index (Phi) is 4.02. The highest BCUT2D eigenvalue weighted by atomic mass is 16.2. The molecule has 0 saturated carbocycles. The Hall–Kier alpha value is -1.35. The molecule has 1 aromatic rings. The van der Waals surface area contributed by atoms with Crippen LogP contribution >= 0.6 is 0 Å². The monoisotopic (exact) mass is 246 g/mol. The summed E-state index contributed by atoms with van der Waals surface area (Å²) >= 11 is 0. The van der Waals surface area contributed by atoms with Crippen molar-refractivity contribution in [1.29, 1.82) is 0 Å². The van der Waals surface area contributed by atoms with Crippen LogP contribution in [0.25, 0.3) is 0 Å². The van der Waals surface area contributed by atoms with Gasteiger partial charge in [-0.1, -0.05) is 29.8 Å². The molecule has 1 saturated heterocycles. The van der Waals surface area contributed by atoms with E-state index in [0.717, 1.165) is 18.7 Å². The van der Waals surface area contributed by atoms with Gasteiger partial charge in [0.25, 0.3) is 0 Å². The molecule has 0 bridgehead atoms. The molecule has 0 aliphatic carbocycles. The zero-order valence-corrected chi connectivity index (χ0v) is 11.4. The highest BCUT2D eigenvalue weighted by molar-refractivity contribution is 5.79. The van der Waals surface area contributed by atoms with Gasteiger partial charge in [0.2, 0.25) is 5.91 Å². The van der Waals surface area contributed by atoms with Crippen molar-refractivity contribution in [3.05, 3.63) is 35.4 Å². The summed E-state index contributed by atoms with van der Waals surface area (Å²) in [5.41, 5.74) is 2.33. The molecule has 18 heavy (non-hydrogen) atoms. The van der Waals surface area contributed by atoms with Crippen LogP contribution in [0.2, 0.25) is 0 Å². The lowest BCUT2D eigenvalue weighted by Crippen LogP contribution is -2.57. The molecule has 98 valence electrons. The maximum absolute atomic E-state index is 12.3. The van der Waals surface area contributed by atoms with Gasteiger partial charge in [0.05, 0.1) is 6.42 Å². The standard InChI is InChI=1S/C15H22N2O/c1-11-4-6-14(7-5-11)10-15(18)17-9-8-16-12(2)13(17)3/h4-7,12-13,16H,8-10H2,1-3H3. The molecule has 1 fully saturated rings. The summed E-state index contributed by atoms with van der Waals surface area (Å²) < 4.78 is 0. The van der Waals surface area contributed by atoms with Crippen molar-refractivity contribution in [2.75, 3.05) is 13.1 Å². The first-order valence-corrected chi connectivity index (χ1v) is 6.66. The van der Waals surface area contributed by atoms with E-state index < -0.39 is 0 Å². The lowest BCUT2D eigenvalue weighted by atomic mass is 10.0. The van der Waals surface area contributed by atoms with E-state index in [0.29, 0.717) is 12.5 Å². The summed E-state index contributed by atoms with van der Waals surface area (Å²) in [5, 5.41) is 3.39. The van der Waals surface area contributed by atoms with Gasteiger partial charge in [-0.25, -0.2) is 0 Å². The number of nitrogens with zero attached hydrogens (tertiary/aromatic N) is 1. The van der Waals surface area contributed by atoms with E-state index in [4.69, 9.17) is 0 Å². The number of nitrogens with one attached hydrogen (secondary N) is 1. The zero-order chi connectivity index (χ0) is 13.1. The van der Waals surface area contributed by atoms with Gasteiger partial charge in [0.1, 0.15) is 0 Å². The molecule has 1 aliphatic rings. The van der Waals surface area contributed by atoms with Crippen LogP contribution in [0.15, 0.2) is 24.3 Å². The molecule has 3 heteroatoms. The van der Waals surface area contributed by atoms with Gasteiger partial charge in [-0.05, 0) is 26.3 Å². The maximum atomic E-state index is 12.3. The number of aryl methyl sites for hydroxylation is 1. The lowest BCUT2D eigenvalue weighted by Gasteiger charge is -2.38. The third-order valence-corrected chi connectivity index (χ3v) is 3.83. The van der Waals surface area contributed by atoms with Crippen molar-refractivity contribution in [2.24, 2.45) is 0 Å². The molecule has 1 N–H and O–H groups in total. The molecular formula is C15H22N2O. The van der Waals surface area contributed by atoms with Crippen LogP contribution in [0, 0.1) is 6.92 Å². The third-order valence-electron chi connectivity index (χ3n) is 3.83. The second kappa shape index (κ2) is 5.53. The van der Waals surface area contributed by atoms with Gasteiger partial charge in [-0.3, -0.25) is 4.79 Å². The molecule has 0 aromatic heterocycles. The molecule has 2 atom stereocenters. The molecule has 0 radical (unpaired) electrons. The summed E-state index contributed by atoms with van der Waals surface area (Å²) in [6.07, 6.45) is 0.511. The molecule has 1 aliphatic heterocycles. The van der Waals surface area contributed by atoms with Gasteiger partial charge in [0.15, 0.2) is 0 Å².